The van der Waals surface area contributed by atoms with Crippen LogP contribution in [0.15, 0.2) is 48.6 Å². The second kappa shape index (κ2) is 53.0. The summed E-state index contributed by atoms with van der Waals surface area (Å²) in [5.74, 6) is -2.99. The highest BCUT2D eigenvalue weighted by atomic mass is 16.6. The maximum absolute atomic E-state index is 13.2. The maximum Gasteiger partial charge on any atom is 0.306 e. The largest absolute Gasteiger partial charge is 0.462 e. The van der Waals surface area contributed by atoms with Crippen molar-refractivity contribution in [2.45, 2.75) is 290 Å². The molecule has 0 heterocycles. The first kappa shape index (κ1) is 52.3. The first-order valence-corrected chi connectivity index (χ1v) is 27.1. The standard InChI is InChI=1S/C58H104O6/c1-4-7-10-13-16-19-22-25-28-31-34-37-40-43-46-49-52-58(61)64-55(53-62-56(59)50-47-44-41-38-35-32-29-26-23-20-17-14-11-8-5-2)54-63-57(60)51-48-45-42-39-36-33-30-27-24-21-18-15-12-9-6-3/h16,19,25-30,55H,4-15,17-18,20-24,31-54H2,1-3H3/b19-16-,28-25-,29-26-,30-27-/i53D2,54D2,55D. The number of hydrogen-bond acceptors (Lipinski definition) is 6. The number of rotatable bonds is 50. The molecule has 0 aromatic rings. The number of carbonyl (C=O) groups excluding carboxylic acids is 3. The fourth-order valence-corrected chi connectivity index (χ4v) is 7.47. The van der Waals surface area contributed by atoms with Crippen LogP contribution < -0.4 is 0 Å². The zero-order valence-electron chi connectivity index (χ0n) is 47.1. The molecule has 0 amide bonds. The van der Waals surface area contributed by atoms with Gasteiger partial charge >= 0.3 is 17.9 Å². The summed E-state index contributed by atoms with van der Waals surface area (Å²) in [6.07, 6.45) is 54.0. The Balaban J connectivity index is 5.04. The van der Waals surface area contributed by atoms with Crippen LogP contribution in [0.1, 0.15) is 291 Å². The second-order valence-electron chi connectivity index (χ2n) is 18.0. The predicted molar refractivity (Wildman–Crippen MR) is 275 cm³/mol. The molecular formula is C58H104O6. The summed E-state index contributed by atoms with van der Waals surface area (Å²) in [7, 11) is 0. The number of unbranched alkanes of at least 4 members (excludes halogenated alkanes) is 31. The third kappa shape index (κ3) is 50.4. The lowest BCUT2D eigenvalue weighted by Crippen LogP contribution is -2.30. The number of carbonyl (C=O) groups is 3. The van der Waals surface area contributed by atoms with E-state index in [1.54, 1.807) is 0 Å². The van der Waals surface area contributed by atoms with E-state index in [1.165, 1.54) is 96.3 Å². The van der Waals surface area contributed by atoms with Gasteiger partial charge < -0.3 is 14.2 Å². The fraction of sp³-hybridized carbons (Fsp3) is 0.810. The van der Waals surface area contributed by atoms with Crippen molar-refractivity contribution in [1.29, 1.82) is 0 Å². The van der Waals surface area contributed by atoms with Gasteiger partial charge in [-0.15, -0.1) is 0 Å². The zero-order chi connectivity index (χ0) is 51.0. The highest BCUT2D eigenvalue weighted by Crippen LogP contribution is 2.15. The van der Waals surface area contributed by atoms with Crippen molar-refractivity contribution < 1.29 is 35.4 Å². The highest BCUT2D eigenvalue weighted by Gasteiger charge is 2.19. The number of hydrogen-bond donors (Lipinski definition) is 0. The fourth-order valence-electron chi connectivity index (χ4n) is 7.47. The van der Waals surface area contributed by atoms with Crippen LogP contribution in [-0.4, -0.2) is 37.1 Å². The molecule has 0 unspecified atom stereocenters. The molecule has 6 heteroatoms. The average molecular weight is 902 g/mol. The minimum absolute atomic E-state index is 0.146. The normalized spacial score (nSPS) is 13.7. The molecule has 0 aliphatic rings. The van der Waals surface area contributed by atoms with Crippen LogP contribution in [0.2, 0.25) is 0 Å². The van der Waals surface area contributed by atoms with Gasteiger partial charge in [0.05, 0.1) is 6.85 Å². The van der Waals surface area contributed by atoms with Gasteiger partial charge in [0.15, 0.2) is 6.08 Å². The number of allylic oxidation sites excluding steroid dienone is 8. The summed E-state index contributed by atoms with van der Waals surface area (Å²) in [4.78, 5) is 39.0. The second-order valence-corrected chi connectivity index (χ2v) is 18.0. The van der Waals surface area contributed by atoms with Gasteiger partial charge in [0, 0.05) is 19.3 Å². The van der Waals surface area contributed by atoms with Gasteiger partial charge in [0.25, 0.3) is 0 Å². The van der Waals surface area contributed by atoms with Crippen molar-refractivity contribution in [3.63, 3.8) is 0 Å². The van der Waals surface area contributed by atoms with Crippen molar-refractivity contribution in [2.24, 2.45) is 0 Å². The molecule has 0 atom stereocenters. The van der Waals surface area contributed by atoms with Crippen LogP contribution in [-0.2, 0) is 28.6 Å². The van der Waals surface area contributed by atoms with Crippen molar-refractivity contribution >= 4 is 17.9 Å². The first-order valence-electron chi connectivity index (χ1n) is 29.6. The molecule has 0 aliphatic heterocycles. The Morgan fingerprint density at radius 1 is 0.359 bits per heavy atom. The monoisotopic (exact) mass is 902 g/mol. The molecule has 6 nitrogen and oxygen atoms in total. The summed E-state index contributed by atoms with van der Waals surface area (Å²) >= 11 is 0. The Kier molecular flexibility index (Phi) is 43.3. The molecule has 64 heavy (non-hydrogen) atoms. The van der Waals surface area contributed by atoms with Gasteiger partial charge in [-0.3, -0.25) is 14.4 Å². The SMILES string of the molecule is [2H]C([2H])(OC(=O)CCCCCCC/C=C\CCCCCCCC)C([2H])(OC(=O)CCCCCCCC/C=C\C/C=C\CCCCC)C([2H])([2H])OC(=O)CCCCCCC/C=C\CCCCCCCC. The third-order valence-corrected chi connectivity index (χ3v) is 11.6. The Bertz CT molecular complexity index is 1280. The molecule has 0 saturated carbocycles. The molecular weight excluding hydrogens is 793 g/mol. The molecule has 0 aromatic carbocycles. The summed E-state index contributed by atoms with van der Waals surface area (Å²) in [6, 6.07) is 0. The van der Waals surface area contributed by atoms with E-state index in [1.807, 2.05) is 0 Å². The molecule has 0 aromatic heterocycles. The summed E-state index contributed by atoms with van der Waals surface area (Å²) < 4.78 is 58.9. The van der Waals surface area contributed by atoms with Gasteiger partial charge in [-0.25, -0.2) is 0 Å². The number of esters is 3. The lowest BCUT2D eigenvalue weighted by Gasteiger charge is -2.18. The van der Waals surface area contributed by atoms with Crippen LogP contribution in [0.5, 0.6) is 0 Å². The minimum Gasteiger partial charge on any atom is -0.462 e. The lowest BCUT2D eigenvalue weighted by atomic mass is 10.1. The van der Waals surface area contributed by atoms with Gasteiger partial charge in [-0.2, -0.15) is 0 Å². The average Bonchev–Trinajstić information content (AvgIpc) is 3.30. The van der Waals surface area contributed by atoms with Crippen molar-refractivity contribution in [1.82, 2.24) is 0 Å². The first-order chi connectivity index (χ1) is 33.4. The van der Waals surface area contributed by atoms with E-state index < -0.39 is 37.1 Å². The molecule has 0 fully saturated rings. The predicted octanol–water partition coefficient (Wildman–Crippen LogP) is 18.3. The Morgan fingerprint density at radius 3 is 0.953 bits per heavy atom. The van der Waals surface area contributed by atoms with Crippen LogP contribution in [0, 0.1) is 0 Å². The lowest BCUT2D eigenvalue weighted by molar-refractivity contribution is -0.167. The summed E-state index contributed by atoms with van der Waals surface area (Å²) in [6.45, 7) is -0.249. The van der Waals surface area contributed by atoms with Crippen molar-refractivity contribution in [2.75, 3.05) is 13.1 Å². The minimum atomic E-state index is -3.51. The Hall–Kier alpha value is -2.63. The zero-order valence-corrected chi connectivity index (χ0v) is 42.1. The molecule has 0 rings (SSSR count). The van der Waals surface area contributed by atoms with Gasteiger partial charge in [0.1, 0.15) is 13.1 Å². The maximum atomic E-state index is 13.2. The molecule has 0 spiro atoms. The number of ether oxygens (including phenoxy) is 3. The van der Waals surface area contributed by atoms with E-state index in [4.69, 9.17) is 21.1 Å². The third-order valence-electron chi connectivity index (χ3n) is 11.6. The van der Waals surface area contributed by atoms with Crippen LogP contribution in [0.3, 0.4) is 0 Å². The van der Waals surface area contributed by atoms with Gasteiger partial charge in [-0.05, 0) is 103 Å². The quantitative estimate of drug-likeness (QED) is 0.0262. The van der Waals surface area contributed by atoms with E-state index in [2.05, 4.69) is 69.4 Å². The summed E-state index contributed by atoms with van der Waals surface area (Å²) in [5, 5.41) is 0. The van der Waals surface area contributed by atoms with Crippen molar-refractivity contribution in [3.8, 4) is 0 Å². The van der Waals surface area contributed by atoms with Crippen LogP contribution in [0.4, 0.5) is 0 Å². The summed E-state index contributed by atoms with van der Waals surface area (Å²) in [5.41, 5.74) is 0. The van der Waals surface area contributed by atoms with E-state index in [-0.39, 0.29) is 19.3 Å². The highest BCUT2D eigenvalue weighted by molar-refractivity contribution is 5.71. The molecule has 0 N–H and O–H groups in total. The van der Waals surface area contributed by atoms with E-state index >= 15 is 0 Å². The molecule has 0 saturated heterocycles. The topological polar surface area (TPSA) is 78.9 Å². The van der Waals surface area contributed by atoms with Gasteiger partial charge in [-0.1, -0.05) is 211 Å². The van der Waals surface area contributed by atoms with Crippen LogP contribution >= 0.6 is 0 Å². The van der Waals surface area contributed by atoms with Gasteiger partial charge in [0.2, 0.25) is 0 Å². The van der Waals surface area contributed by atoms with Crippen molar-refractivity contribution in [3.05, 3.63) is 48.6 Å². The Morgan fingerprint density at radius 2 is 0.609 bits per heavy atom. The van der Waals surface area contributed by atoms with Crippen LogP contribution in [0.25, 0.3) is 0 Å². The Labute approximate surface area is 404 Å². The van der Waals surface area contributed by atoms with E-state index in [9.17, 15) is 14.4 Å². The molecule has 0 aliphatic carbocycles. The molecule has 0 bridgehead atoms. The van der Waals surface area contributed by atoms with E-state index in [0.29, 0.717) is 25.7 Å². The van der Waals surface area contributed by atoms with E-state index in [0.717, 1.165) is 122 Å². The smallest absolute Gasteiger partial charge is 0.306 e. The molecule has 0 radical (unpaired) electrons. The molecule has 372 valence electrons.